The second-order valence-electron chi connectivity index (χ2n) is 7.03. The Morgan fingerprint density at radius 2 is 1.87 bits per heavy atom. The van der Waals surface area contributed by atoms with Crippen molar-refractivity contribution in [2.24, 2.45) is 0 Å². The zero-order valence-electron chi connectivity index (χ0n) is 17.0. The van der Waals surface area contributed by atoms with Crippen LogP contribution in [0.25, 0.3) is 11.4 Å². The smallest absolute Gasteiger partial charge is 0.233 e. The number of imidazole rings is 1. The quantitative estimate of drug-likeness (QED) is 0.425. The van der Waals surface area contributed by atoms with Crippen LogP contribution >= 0.6 is 11.8 Å². The molecule has 2 aromatic carbocycles. The van der Waals surface area contributed by atoms with Crippen LogP contribution in [0.5, 0.6) is 0 Å². The lowest BCUT2D eigenvalue weighted by Gasteiger charge is -2.16. The number of rotatable bonds is 7. The Morgan fingerprint density at radius 3 is 2.67 bits per heavy atom. The number of thioether (sulfide) groups is 1. The van der Waals surface area contributed by atoms with Gasteiger partial charge in [-0.05, 0) is 30.7 Å². The Kier molecular flexibility index (Phi) is 5.99. The number of hydrogen-bond acceptors (Lipinski definition) is 4. The zero-order chi connectivity index (χ0) is 20.9. The van der Waals surface area contributed by atoms with Crippen LogP contribution in [0, 0.1) is 6.92 Å². The van der Waals surface area contributed by atoms with Gasteiger partial charge in [0.25, 0.3) is 0 Å². The lowest BCUT2D eigenvalue weighted by atomic mass is 10.2. The van der Waals surface area contributed by atoms with Gasteiger partial charge < -0.3 is 4.90 Å². The Balaban J connectivity index is 1.37. The van der Waals surface area contributed by atoms with E-state index in [2.05, 4.69) is 29.1 Å². The molecule has 2 heterocycles. The molecule has 6 nitrogen and oxygen atoms in total. The van der Waals surface area contributed by atoms with Gasteiger partial charge in [-0.25, -0.2) is 9.67 Å². The third-order valence-electron chi connectivity index (χ3n) is 4.81. The van der Waals surface area contributed by atoms with Gasteiger partial charge in [-0.2, -0.15) is 5.10 Å². The second kappa shape index (κ2) is 9.00. The highest BCUT2D eigenvalue weighted by atomic mass is 32.2. The Labute approximate surface area is 180 Å². The Bertz CT molecular complexity index is 1140. The molecule has 0 radical (unpaired) electrons. The van der Waals surface area contributed by atoms with Crippen molar-refractivity contribution in [3.63, 3.8) is 0 Å². The van der Waals surface area contributed by atoms with Gasteiger partial charge in [0.05, 0.1) is 23.3 Å². The summed E-state index contributed by atoms with van der Waals surface area (Å²) in [6, 6.07) is 18.1. The molecule has 30 heavy (non-hydrogen) atoms. The number of carbonyl (C=O) groups excluding carboxylic acids is 1. The van der Waals surface area contributed by atoms with Gasteiger partial charge in [0.1, 0.15) is 0 Å². The predicted octanol–water partition coefficient (Wildman–Crippen LogP) is 4.12. The van der Waals surface area contributed by atoms with Crippen LogP contribution in [-0.2, 0) is 11.3 Å². The number of hydrogen-bond donors (Lipinski definition) is 0. The summed E-state index contributed by atoms with van der Waals surface area (Å²) in [7, 11) is 1.82. The standard InChI is InChI=1S/C23H23N5OS/c1-18-8-6-7-11-21(18)27-13-12-24-23(27)30-17-22(29)26(2)15-19-14-25-28(16-19)20-9-4-3-5-10-20/h3-14,16H,15,17H2,1-2H3. The number of benzene rings is 2. The van der Waals surface area contributed by atoms with E-state index in [4.69, 9.17) is 0 Å². The molecule has 4 aromatic rings. The summed E-state index contributed by atoms with van der Waals surface area (Å²) in [5.74, 6) is 0.374. The molecule has 0 aliphatic heterocycles. The summed E-state index contributed by atoms with van der Waals surface area (Å²) >= 11 is 1.45. The molecule has 4 rings (SSSR count). The van der Waals surface area contributed by atoms with Crippen LogP contribution < -0.4 is 0 Å². The van der Waals surface area contributed by atoms with Crippen LogP contribution in [0.3, 0.4) is 0 Å². The molecule has 0 atom stereocenters. The van der Waals surface area contributed by atoms with Gasteiger partial charge in [0.2, 0.25) is 5.91 Å². The largest absolute Gasteiger partial charge is 0.341 e. The SMILES string of the molecule is Cc1ccccc1-n1ccnc1SCC(=O)N(C)Cc1cnn(-c2ccccc2)c1. The zero-order valence-corrected chi connectivity index (χ0v) is 17.8. The van der Waals surface area contributed by atoms with Crippen LogP contribution in [0.4, 0.5) is 0 Å². The fourth-order valence-corrected chi connectivity index (χ4v) is 4.08. The minimum absolute atomic E-state index is 0.0480. The van der Waals surface area contributed by atoms with E-state index in [-0.39, 0.29) is 5.91 Å². The highest BCUT2D eigenvalue weighted by Gasteiger charge is 2.14. The van der Waals surface area contributed by atoms with Crippen LogP contribution in [0.1, 0.15) is 11.1 Å². The third kappa shape index (κ3) is 4.46. The van der Waals surface area contributed by atoms with E-state index in [0.717, 1.165) is 27.7 Å². The fourth-order valence-electron chi connectivity index (χ4n) is 3.18. The molecular formula is C23H23N5OS. The van der Waals surface area contributed by atoms with Crippen molar-refractivity contribution in [1.82, 2.24) is 24.2 Å². The molecule has 0 saturated carbocycles. The monoisotopic (exact) mass is 417 g/mol. The van der Waals surface area contributed by atoms with Gasteiger partial charge in [0.15, 0.2) is 5.16 Å². The highest BCUT2D eigenvalue weighted by Crippen LogP contribution is 2.23. The van der Waals surface area contributed by atoms with Gasteiger partial charge in [0, 0.05) is 37.7 Å². The lowest BCUT2D eigenvalue weighted by Crippen LogP contribution is -2.27. The van der Waals surface area contributed by atoms with Crippen LogP contribution in [0.2, 0.25) is 0 Å². The maximum atomic E-state index is 12.7. The molecule has 0 spiro atoms. The van der Waals surface area contributed by atoms with Gasteiger partial charge in [-0.1, -0.05) is 48.2 Å². The number of carbonyl (C=O) groups is 1. The average Bonchev–Trinajstić information content (AvgIpc) is 3.42. The number of nitrogens with zero attached hydrogens (tertiary/aromatic N) is 5. The molecule has 0 N–H and O–H groups in total. The van der Waals surface area contributed by atoms with E-state index in [1.54, 1.807) is 17.3 Å². The maximum Gasteiger partial charge on any atom is 0.233 e. The first-order valence-corrected chi connectivity index (χ1v) is 10.7. The summed E-state index contributed by atoms with van der Waals surface area (Å²) in [5.41, 5.74) is 4.22. The van der Waals surface area contributed by atoms with Crippen molar-refractivity contribution in [2.75, 3.05) is 12.8 Å². The summed E-state index contributed by atoms with van der Waals surface area (Å²) in [5, 5.41) is 5.21. The molecule has 7 heteroatoms. The Morgan fingerprint density at radius 1 is 1.10 bits per heavy atom. The van der Waals surface area contributed by atoms with Gasteiger partial charge in [-0.3, -0.25) is 9.36 Å². The van der Waals surface area contributed by atoms with E-state index in [1.165, 1.54) is 11.8 Å². The summed E-state index contributed by atoms with van der Waals surface area (Å²) in [4.78, 5) is 18.8. The van der Waals surface area contributed by atoms with Crippen molar-refractivity contribution >= 4 is 17.7 Å². The molecule has 1 amide bonds. The van der Waals surface area contributed by atoms with Gasteiger partial charge >= 0.3 is 0 Å². The summed E-state index contributed by atoms with van der Waals surface area (Å²) in [6.45, 7) is 2.58. The number of aromatic nitrogens is 4. The molecule has 0 fully saturated rings. The summed E-state index contributed by atoms with van der Waals surface area (Å²) in [6.07, 6.45) is 7.45. The molecule has 0 unspecified atom stereocenters. The van der Waals surface area contributed by atoms with E-state index in [9.17, 15) is 4.79 Å². The predicted molar refractivity (Wildman–Crippen MR) is 119 cm³/mol. The van der Waals surface area contributed by atoms with Crippen molar-refractivity contribution < 1.29 is 4.79 Å². The lowest BCUT2D eigenvalue weighted by molar-refractivity contribution is -0.127. The molecule has 0 aliphatic carbocycles. The number of amides is 1. The van der Waals surface area contributed by atoms with E-state index in [0.29, 0.717) is 12.3 Å². The maximum absolute atomic E-state index is 12.7. The fraction of sp³-hybridized carbons (Fsp3) is 0.174. The minimum Gasteiger partial charge on any atom is -0.341 e. The van der Waals surface area contributed by atoms with E-state index >= 15 is 0 Å². The minimum atomic E-state index is 0.0480. The third-order valence-corrected chi connectivity index (χ3v) is 5.76. The van der Waals surface area contributed by atoms with Crippen molar-refractivity contribution in [3.8, 4) is 11.4 Å². The van der Waals surface area contributed by atoms with Crippen LogP contribution in [0.15, 0.2) is 84.5 Å². The van der Waals surface area contributed by atoms with Crippen molar-refractivity contribution in [3.05, 3.63) is 90.5 Å². The van der Waals surface area contributed by atoms with Gasteiger partial charge in [-0.15, -0.1) is 0 Å². The van der Waals surface area contributed by atoms with E-state index in [1.807, 2.05) is 71.2 Å². The molecule has 2 aromatic heterocycles. The average molecular weight is 418 g/mol. The summed E-state index contributed by atoms with van der Waals surface area (Å²) < 4.78 is 3.85. The Hall–Kier alpha value is -3.32. The second-order valence-corrected chi connectivity index (χ2v) is 7.98. The first-order chi connectivity index (χ1) is 14.6. The molecular weight excluding hydrogens is 394 g/mol. The highest BCUT2D eigenvalue weighted by molar-refractivity contribution is 7.99. The molecule has 0 saturated heterocycles. The molecule has 0 aliphatic rings. The molecule has 0 bridgehead atoms. The topological polar surface area (TPSA) is 56.0 Å². The van der Waals surface area contributed by atoms with Crippen molar-refractivity contribution in [2.45, 2.75) is 18.6 Å². The van der Waals surface area contributed by atoms with Crippen molar-refractivity contribution in [1.29, 1.82) is 0 Å². The first kappa shape index (κ1) is 20.0. The van der Waals surface area contributed by atoms with E-state index < -0.39 is 0 Å². The molecule has 152 valence electrons. The van der Waals surface area contributed by atoms with Crippen LogP contribution in [-0.4, -0.2) is 42.9 Å². The number of para-hydroxylation sites is 2. The number of aryl methyl sites for hydroxylation is 1. The normalized spacial score (nSPS) is 10.9. The first-order valence-electron chi connectivity index (χ1n) is 9.67.